The van der Waals surface area contributed by atoms with Crippen LogP contribution in [0.5, 0.6) is 5.75 Å². The average molecular weight is 308 g/mol. The molecule has 8 nitrogen and oxygen atoms in total. The summed E-state index contributed by atoms with van der Waals surface area (Å²) in [6.45, 7) is 1.11. The van der Waals surface area contributed by atoms with Crippen molar-refractivity contribution >= 4 is 17.6 Å². The molecule has 0 aliphatic heterocycles. The highest BCUT2D eigenvalue weighted by Gasteiger charge is 2.35. The fourth-order valence-corrected chi connectivity index (χ4v) is 2.26. The first kappa shape index (κ1) is 15.7. The zero-order valence-electron chi connectivity index (χ0n) is 12.2. The number of hydrogen-bond acceptors (Lipinski definition) is 5. The van der Waals surface area contributed by atoms with Gasteiger partial charge >= 0.3 is 5.97 Å². The highest BCUT2D eigenvalue weighted by molar-refractivity contribution is 5.97. The summed E-state index contributed by atoms with van der Waals surface area (Å²) in [7, 11) is 1.36. The molecule has 0 radical (unpaired) electrons. The third kappa shape index (κ3) is 3.16. The van der Waals surface area contributed by atoms with Gasteiger partial charge in [0.05, 0.1) is 23.2 Å². The number of nitro benzene ring substituents is 1. The quantitative estimate of drug-likeness (QED) is 0.631. The van der Waals surface area contributed by atoms with Crippen molar-refractivity contribution in [1.82, 2.24) is 4.90 Å². The van der Waals surface area contributed by atoms with Crippen LogP contribution in [0.1, 0.15) is 28.8 Å². The Labute approximate surface area is 126 Å². The summed E-state index contributed by atoms with van der Waals surface area (Å²) in [5.41, 5.74) is 0.149. The van der Waals surface area contributed by atoms with Gasteiger partial charge in [0.2, 0.25) is 0 Å². The number of nitro groups is 1. The molecule has 1 N–H and O–H groups in total. The number of ether oxygens (including phenoxy) is 1. The molecular formula is C14H16N2O6. The van der Waals surface area contributed by atoms with Gasteiger partial charge < -0.3 is 14.7 Å². The molecule has 2 rings (SSSR count). The predicted octanol–water partition coefficient (Wildman–Crippen LogP) is 1.60. The van der Waals surface area contributed by atoms with Gasteiger partial charge in [0, 0.05) is 12.1 Å². The minimum Gasteiger partial charge on any atom is -0.496 e. The van der Waals surface area contributed by atoms with Gasteiger partial charge in [-0.3, -0.25) is 19.7 Å². The summed E-state index contributed by atoms with van der Waals surface area (Å²) in [4.78, 5) is 35.1. The summed E-state index contributed by atoms with van der Waals surface area (Å²) in [5.74, 6) is -1.43. The summed E-state index contributed by atoms with van der Waals surface area (Å²) >= 11 is 0. The lowest BCUT2D eigenvalue weighted by Crippen LogP contribution is -2.37. The molecule has 22 heavy (non-hydrogen) atoms. The summed E-state index contributed by atoms with van der Waals surface area (Å²) in [5, 5.41) is 20.0. The van der Waals surface area contributed by atoms with Crippen LogP contribution in [0.3, 0.4) is 0 Å². The molecule has 0 atom stereocenters. The Kier molecular flexibility index (Phi) is 4.30. The number of rotatable bonds is 6. The number of nitrogens with zero attached hydrogens (tertiary/aromatic N) is 2. The molecule has 1 aromatic carbocycles. The second kappa shape index (κ2) is 6.00. The maximum atomic E-state index is 12.5. The van der Waals surface area contributed by atoms with Crippen LogP contribution in [-0.4, -0.2) is 46.5 Å². The van der Waals surface area contributed by atoms with Gasteiger partial charge in [-0.2, -0.15) is 0 Å². The van der Waals surface area contributed by atoms with Crippen molar-refractivity contribution in [2.45, 2.75) is 25.8 Å². The van der Waals surface area contributed by atoms with Gasteiger partial charge in [-0.1, -0.05) is 0 Å². The second-order valence-electron chi connectivity index (χ2n) is 5.14. The predicted molar refractivity (Wildman–Crippen MR) is 76.1 cm³/mol. The number of carbonyl (C=O) groups is 2. The average Bonchev–Trinajstić information content (AvgIpc) is 3.28. The molecule has 0 heterocycles. The normalized spacial score (nSPS) is 13.5. The van der Waals surface area contributed by atoms with E-state index in [-0.39, 0.29) is 23.0 Å². The Morgan fingerprint density at radius 1 is 1.45 bits per heavy atom. The van der Waals surface area contributed by atoms with E-state index in [0.29, 0.717) is 5.56 Å². The van der Waals surface area contributed by atoms with E-state index in [2.05, 4.69) is 0 Å². The van der Waals surface area contributed by atoms with Crippen molar-refractivity contribution in [3.8, 4) is 5.75 Å². The second-order valence-corrected chi connectivity index (χ2v) is 5.14. The van der Waals surface area contributed by atoms with Crippen molar-refractivity contribution in [3.05, 3.63) is 33.4 Å². The monoisotopic (exact) mass is 308 g/mol. The SMILES string of the molecule is COc1cc(C(=O)N(CC(=O)O)C2CC2)cc([N+](=O)[O-])c1C. The van der Waals surface area contributed by atoms with Gasteiger partial charge in [0.25, 0.3) is 11.6 Å². The van der Waals surface area contributed by atoms with Crippen LogP contribution in [0.2, 0.25) is 0 Å². The lowest BCUT2D eigenvalue weighted by atomic mass is 10.1. The molecule has 118 valence electrons. The zero-order valence-corrected chi connectivity index (χ0v) is 12.2. The molecule has 1 saturated carbocycles. The largest absolute Gasteiger partial charge is 0.496 e. The van der Waals surface area contributed by atoms with Gasteiger partial charge in [0.15, 0.2) is 0 Å². The number of methoxy groups -OCH3 is 1. The maximum Gasteiger partial charge on any atom is 0.323 e. The van der Waals surface area contributed by atoms with Crippen molar-refractivity contribution in [2.75, 3.05) is 13.7 Å². The topological polar surface area (TPSA) is 110 Å². The highest BCUT2D eigenvalue weighted by atomic mass is 16.6. The third-order valence-electron chi connectivity index (χ3n) is 3.55. The van der Waals surface area contributed by atoms with Crippen molar-refractivity contribution in [2.24, 2.45) is 0 Å². The molecule has 1 aliphatic rings. The molecule has 1 aliphatic carbocycles. The van der Waals surface area contributed by atoms with E-state index >= 15 is 0 Å². The number of carbonyl (C=O) groups excluding carboxylic acids is 1. The Balaban J connectivity index is 2.41. The molecule has 1 fully saturated rings. The Bertz CT molecular complexity index is 638. The molecule has 0 aromatic heterocycles. The van der Waals surface area contributed by atoms with Gasteiger partial charge in [-0.25, -0.2) is 0 Å². The van der Waals surface area contributed by atoms with Crippen LogP contribution in [0.4, 0.5) is 5.69 Å². The van der Waals surface area contributed by atoms with Crippen LogP contribution in [0, 0.1) is 17.0 Å². The number of hydrogen-bond donors (Lipinski definition) is 1. The molecule has 0 bridgehead atoms. The molecule has 0 unspecified atom stereocenters. The number of aliphatic carboxylic acids is 1. The number of benzene rings is 1. The summed E-state index contributed by atoms with van der Waals surface area (Å²) < 4.78 is 5.07. The first-order valence-corrected chi connectivity index (χ1v) is 6.71. The summed E-state index contributed by atoms with van der Waals surface area (Å²) in [6.07, 6.45) is 1.48. The maximum absolute atomic E-state index is 12.5. The van der Waals surface area contributed by atoms with Crippen molar-refractivity contribution < 1.29 is 24.4 Å². The van der Waals surface area contributed by atoms with E-state index in [0.717, 1.165) is 18.9 Å². The number of carboxylic acid groups (broad SMARTS) is 1. The molecular weight excluding hydrogens is 292 g/mol. The fourth-order valence-electron chi connectivity index (χ4n) is 2.26. The Hall–Kier alpha value is -2.64. The standard InChI is InChI=1S/C14H16N2O6/c1-8-11(16(20)21)5-9(6-12(8)22-2)14(19)15(7-13(17)18)10-3-4-10/h5-6,10H,3-4,7H2,1-2H3,(H,17,18). The zero-order chi connectivity index (χ0) is 16.4. The smallest absolute Gasteiger partial charge is 0.323 e. The molecule has 0 saturated heterocycles. The molecule has 1 aromatic rings. The van der Waals surface area contributed by atoms with Crippen molar-refractivity contribution in [1.29, 1.82) is 0 Å². The Morgan fingerprint density at radius 3 is 2.55 bits per heavy atom. The van der Waals surface area contributed by atoms with E-state index in [1.54, 1.807) is 0 Å². The minimum atomic E-state index is -1.12. The highest BCUT2D eigenvalue weighted by Crippen LogP contribution is 2.32. The van der Waals surface area contributed by atoms with E-state index in [1.807, 2.05) is 0 Å². The number of carboxylic acids is 1. The van der Waals surface area contributed by atoms with Crippen molar-refractivity contribution in [3.63, 3.8) is 0 Å². The first-order valence-electron chi connectivity index (χ1n) is 6.71. The lowest BCUT2D eigenvalue weighted by Gasteiger charge is -2.20. The summed E-state index contributed by atoms with van der Waals surface area (Å²) in [6, 6.07) is 2.45. The van der Waals surface area contributed by atoms with E-state index < -0.39 is 23.3 Å². The van der Waals surface area contributed by atoms with E-state index in [9.17, 15) is 19.7 Å². The fraction of sp³-hybridized carbons (Fsp3) is 0.429. The van der Waals surface area contributed by atoms with Crippen LogP contribution < -0.4 is 4.74 Å². The van der Waals surface area contributed by atoms with Crippen LogP contribution in [-0.2, 0) is 4.79 Å². The lowest BCUT2D eigenvalue weighted by molar-refractivity contribution is -0.385. The molecule has 1 amide bonds. The van der Waals surface area contributed by atoms with Crippen LogP contribution in [0.15, 0.2) is 12.1 Å². The molecule has 0 spiro atoms. The Morgan fingerprint density at radius 2 is 2.09 bits per heavy atom. The minimum absolute atomic E-state index is 0.0577. The van der Waals surface area contributed by atoms with E-state index in [1.165, 1.54) is 25.0 Å². The third-order valence-corrected chi connectivity index (χ3v) is 3.55. The first-order chi connectivity index (χ1) is 10.3. The van der Waals surface area contributed by atoms with Gasteiger partial charge in [-0.05, 0) is 25.8 Å². The van der Waals surface area contributed by atoms with Crippen LogP contribution in [0.25, 0.3) is 0 Å². The number of amides is 1. The van der Waals surface area contributed by atoms with Gasteiger partial charge in [0.1, 0.15) is 12.3 Å². The van der Waals surface area contributed by atoms with Gasteiger partial charge in [-0.15, -0.1) is 0 Å². The molecule has 8 heteroatoms. The van der Waals surface area contributed by atoms with E-state index in [4.69, 9.17) is 9.84 Å². The van der Waals surface area contributed by atoms with Crippen LogP contribution >= 0.6 is 0 Å².